The van der Waals surface area contributed by atoms with Gasteiger partial charge in [0.1, 0.15) is 0 Å². The zero-order chi connectivity index (χ0) is 25.6. The first-order valence-electron chi connectivity index (χ1n) is 12.6. The van der Waals surface area contributed by atoms with Crippen LogP contribution in [0, 0.1) is 0 Å². The van der Waals surface area contributed by atoms with E-state index in [-0.39, 0.29) is 41.1 Å². The Morgan fingerprint density at radius 2 is 1.39 bits per heavy atom. The Balaban J connectivity index is 0.00000101. The third-order valence-corrected chi connectivity index (χ3v) is 6.53. The van der Waals surface area contributed by atoms with Gasteiger partial charge in [0.15, 0.2) is 0 Å². The van der Waals surface area contributed by atoms with Crippen LogP contribution < -0.4 is 24.8 Å². The second kappa shape index (κ2) is 11.9. The molecule has 0 unspecified atom stereocenters. The van der Waals surface area contributed by atoms with Crippen molar-refractivity contribution in [2.75, 3.05) is 0 Å². The Morgan fingerprint density at radius 3 is 1.83 bits per heavy atom. The maximum Gasteiger partial charge on any atom is -1.00 e. The predicted octanol–water partition coefficient (Wildman–Crippen LogP) is 3.70. The maximum absolute atomic E-state index is 2.50. The molecule has 0 spiro atoms. The first-order chi connectivity index (χ1) is 15.5. The third kappa shape index (κ3) is 7.15. The SMILES string of the molecule is CC(C)(C)c1ccc2c(c1)[cH-]c1c(C3=CC=CC3)c(C(C)(C)C)c(C(C)(C)C)cc12.C[C](C)=[Zr+2].[Cl-].[Cl-]. The van der Waals surface area contributed by atoms with Crippen LogP contribution in [0.4, 0.5) is 0 Å². The molecule has 0 fully saturated rings. The van der Waals surface area contributed by atoms with Crippen LogP contribution >= 0.6 is 0 Å². The molecule has 0 saturated heterocycles. The normalized spacial score (nSPS) is 13.6. The number of benzene rings is 2. The van der Waals surface area contributed by atoms with E-state index in [1.54, 1.807) is 24.2 Å². The quantitative estimate of drug-likeness (QED) is 0.374. The molecular weight excluding hydrogens is 558 g/mol. The summed E-state index contributed by atoms with van der Waals surface area (Å²) in [4.78, 5) is 0. The van der Waals surface area contributed by atoms with Gasteiger partial charge in [-0.3, -0.25) is 0 Å². The fourth-order valence-electron chi connectivity index (χ4n) is 4.96. The molecule has 1 aliphatic rings. The smallest absolute Gasteiger partial charge is 1.00 e. The van der Waals surface area contributed by atoms with Crippen LogP contribution in [0.5, 0.6) is 0 Å². The topological polar surface area (TPSA) is 0 Å². The first kappa shape index (κ1) is 33.2. The van der Waals surface area contributed by atoms with Crippen LogP contribution in [-0.2, 0) is 40.5 Å². The molecule has 0 nitrogen and oxygen atoms in total. The van der Waals surface area contributed by atoms with Gasteiger partial charge in [-0.1, -0.05) is 127 Å². The van der Waals surface area contributed by atoms with Crippen LogP contribution in [0.25, 0.3) is 27.1 Å². The Kier molecular flexibility index (Phi) is 10.9. The van der Waals surface area contributed by atoms with E-state index in [0.29, 0.717) is 0 Å². The van der Waals surface area contributed by atoms with E-state index in [9.17, 15) is 0 Å². The van der Waals surface area contributed by atoms with Gasteiger partial charge in [-0.05, 0) is 22.7 Å². The van der Waals surface area contributed by atoms with Crippen LogP contribution in [0.1, 0.15) is 105 Å². The van der Waals surface area contributed by atoms with Gasteiger partial charge in [0.2, 0.25) is 0 Å². The van der Waals surface area contributed by atoms with Gasteiger partial charge in [-0.15, -0.1) is 33.7 Å². The predicted molar refractivity (Wildman–Crippen MR) is 151 cm³/mol. The number of hydrogen-bond donors (Lipinski definition) is 0. The van der Waals surface area contributed by atoms with E-state index in [4.69, 9.17) is 0 Å². The van der Waals surface area contributed by atoms with E-state index in [1.807, 2.05) is 0 Å². The Morgan fingerprint density at radius 1 is 0.806 bits per heavy atom. The molecule has 0 radical (unpaired) electrons. The van der Waals surface area contributed by atoms with Gasteiger partial charge >= 0.3 is 41.3 Å². The van der Waals surface area contributed by atoms with Gasteiger partial charge in [-0.2, -0.15) is 0 Å². The van der Waals surface area contributed by atoms with Crippen molar-refractivity contribution in [1.29, 1.82) is 0 Å². The number of fused-ring (bicyclic) bond motifs is 3. The second-order valence-corrected chi connectivity index (χ2v) is 15.6. The summed E-state index contributed by atoms with van der Waals surface area (Å²) in [6, 6.07) is 12.0. The van der Waals surface area contributed by atoms with Gasteiger partial charge in [0.25, 0.3) is 0 Å². The van der Waals surface area contributed by atoms with Crippen molar-refractivity contribution in [3.63, 3.8) is 0 Å². The van der Waals surface area contributed by atoms with Crippen LogP contribution in [0.3, 0.4) is 0 Å². The zero-order valence-electron chi connectivity index (χ0n) is 24.1. The minimum Gasteiger partial charge on any atom is -1.00 e. The maximum atomic E-state index is 2.50. The number of hydrogen-bond acceptors (Lipinski definition) is 0. The molecule has 0 aliphatic heterocycles. The molecule has 36 heavy (non-hydrogen) atoms. The molecule has 3 aromatic rings. The molecule has 0 N–H and O–H groups in total. The van der Waals surface area contributed by atoms with Crippen molar-refractivity contribution in [3.05, 3.63) is 70.8 Å². The van der Waals surface area contributed by atoms with Crippen LogP contribution in [0.15, 0.2) is 48.6 Å². The Hall–Kier alpha value is -0.877. The Bertz CT molecular complexity index is 1290. The third-order valence-electron chi connectivity index (χ3n) is 6.53. The fraction of sp³-hybridized carbons (Fsp3) is 0.455. The minimum absolute atomic E-state index is 0. The number of allylic oxidation sites excluding steroid dienone is 4. The summed E-state index contributed by atoms with van der Waals surface area (Å²) in [6.45, 7) is 25.3. The van der Waals surface area contributed by atoms with Crippen molar-refractivity contribution in [1.82, 2.24) is 0 Å². The average Bonchev–Trinajstić information content (AvgIpc) is 3.31. The fourth-order valence-corrected chi connectivity index (χ4v) is 4.96. The summed E-state index contributed by atoms with van der Waals surface area (Å²) in [5.74, 6) is 0. The molecule has 3 aromatic carbocycles. The van der Waals surface area contributed by atoms with Gasteiger partial charge in [0.05, 0.1) is 0 Å². The van der Waals surface area contributed by atoms with Gasteiger partial charge < -0.3 is 24.8 Å². The summed E-state index contributed by atoms with van der Waals surface area (Å²) < 4.78 is 1.51. The van der Waals surface area contributed by atoms with Crippen molar-refractivity contribution in [2.45, 2.75) is 98.8 Å². The molecule has 4 rings (SSSR count). The molecule has 0 heterocycles. The van der Waals surface area contributed by atoms with Gasteiger partial charge in [-0.25, -0.2) is 0 Å². The summed E-state index contributed by atoms with van der Waals surface area (Å²) in [6.07, 6.45) is 7.87. The summed E-state index contributed by atoms with van der Waals surface area (Å²) >= 11 is 1.55. The second-order valence-electron chi connectivity index (χ2n) is 13.2. The van der Waals surface area contributed by atoms with E-state index >= 15 is 0 Å². The van der Waals surface area contributed by atoms with E-state index in [2.05, 4.69) is 125 Å². The summed E-state index contributed by atoms with van der Waals surface area (Å²) in [5.41, 5.74) is 7.67. The molecule has 0 bridgehead atoms. The van der Waals surface area contributed by atoms with Crippen molar-refractivity contribution in [2.24, 2.45) is 0 Å². The minimum atomic E-state index is 0. The van der Waals surface area contributed by atoms with Crippen LogP contribution in [-0.4, -0.2) is 3.21 Å². The standard InChI is InChI=1S/C30H37.C3H6.2ClH.Zr/c1-28(2,3)21-14-15-22-20(16-21)17-24-23(22)18-25(29(4,5)6)27(30(7,8)9)26(24)19-12-10-11-13-19;1-3-2;;;/h10-12,14-18H,13H2,1-9H3;1-2H3;2*1H;/q-1;;;;+2/p-2. The molecule has 0 atom stereocenters. The summed E-state index contributed by atoms with van der Waals surface area (Å²) in [5, 5.41) is 5.59. The number of rotatable bonds is 1. The van der Waals surface area contributed by atoms with E-state index in [1.165, 1.54) is 52.6 Å². The van der Waals surface area contributed by atoms with Crippen molar-refractivity contribution >= 4 is 30.3 Å². The first-order valence-corrected chi connectivity index (χ1v) is 13.8. The van der Waals surface area contributed by atoms with E-state index in [0.717, 1.165) is 6.42 Å². The monoisotopic (exact) mass is 599 g/mol. The molecule has 3 heteroatoms. The molecule has 194 valence electrons. The zero-order valence-corrected chi connectivity index (χ0v) is 28.1. The number of halogens is 2. The van der Waals surface area contributed by atoms with E-state index < -0.39 is 0 Å². The molecule has 0 aromatic heterocycles. The largest absolute Gasteiger partial charge is 1.00 e. The van der Waals surface area contributed by atoms with Crippen molar-refractivity contribution < 1.29 is 49.0 Å². The molecule has 0 saturated carbocycles. The molecule has 0 amide bonds. The van der Waals surface area contributed by atoms with Gasteiger partial charge in [0, 0.05) is 0 Å². The molecular formula is C33H43Cl2Zr-. The van der Waals surface area contributed by atoms with Crippen LogP contribution in [0.2, 0.25) is 0 Å². The average molecular weight is 602 g/mol. The summed E-state index contributed by atoms with van der Waals surface area (Å²) in [7, 11) is 0. The van der Waals surface area contributed by atoms with Crippen molar-refractivity contribution in [3.8, 4) is 0 Å². The molecule has 1 aliphatic carbocycles. The Labute approximate surface area is 247 Å².